The first kappa shape index (κ1) is 12.6. The van der Waals surface area contributed by atoms with Crippen LogP contribution in [0.4, 0.5) is 0 Å². The largest absolute Gasteiger partial charge is 0.327 e. The zero-order chi connectivity index (χ0) is 13.2. The summed E-state index contributed by atoms with van der Waals surface area (Å²) in [4.78, 5) is 6.87. The van der Waals surface area contributed by atoms with Crippen molar-refractivity contribution in [2.45, 2.75) is 25.4 Å². The molecule has 0 spiro atoms. The molecule has 1 heterocycles. The molecule has 1 aliphatic rings. The van der Waals surface area contributed by atoms with Gasteiger partial charge in [-0.3, -0.25) is 0 Å². The molecule has 1 fully saturated rings. The van der Waals surface area contributed by atoms with Crippen LogP contribution in [0.5, 0.6) is 0 Å². The van der Waals surface area contributed by atoms with Crippen LogP contribution in [0.2, 0.25) is 0 Å². The van der Waals surface area contributed by atoms with E-state index < -0.39 is 0 Å². The Bertz CT molecular complexity index is 556. The fourth-order valence-electron chi connectivity index (χ4n) is 2.51. The number of benzene rings is 1. The lowest BCUT2D eigenvalue weighted by atomic mass is 10.2. The van der Waals surface area contributed by atoms with Crippen LogP contribution >= 0.6 is 0 Å². The lowest BCUT2D eigenvalue weighted by Crippen LogP contribution is -2.26. The predicted molar refractivity (Wildman–Crippen MR) is 78.3 cm³/mol. The zero-order valence-corrected chi connectivity index (χ0v) is 11.8. The Hall–Kier alpha value is -1.39. The molecule has 0 radical (unpaired) electrons. The lowest BCUT2D eigenvalue weighted by Gasteiger charge is -2.16. The number of imidazole rings is 1. The van der Waals surface area contributed by atoms with Crippen molar-refractivity contribution >= 4 is 11.0 Å². The van der Waals surface area contributed by atoms with Crippen molar-refractivity contribution < 1.29 is 0 Å². The van der Waals surface area contributed by atoms with Gasteiger partial charge in [0.2, 0.25) is 0 Å². The molecule has 1 N–H and O–H groups in total. The molecule has 0 amide bonds. The molecule has 4 nitrogen and oxygen atoms in total. The smallest absolute Gasteiger partial charge is 0.0960 e. The maximum Gasteiger partial charge on any atom is 0.0960 e. The van der Waals surface area contributed by atoms with E-state index in [0.29, 0.717) is 6.04 Å². The maximum absolute atomic E-state index is 4.54. The van der Waals surface area contributed by atoms with Gasteiger partial charge in [0, 0.05) is 25.7 Å². The number of likely N-dealkylation sites (N-methyl/N-ethyl adjacent to an activating group) is 2. The molecule has 1 aliphatic carbocycles. The summed E-state index contributed by atoms with van der Waals surface area (Å²) in [5, 5.41) is 3.18. The highest BCUT2D eigenvalue weighted by molar-refractivity contribution is 5.76. The van der Waals surface area contributed by atoms with Crippen molar-refractivity contribution in [3.8, 4) is 0 Å². The van der Waals surface area contributed by atoms with Crippen LogP contribution < -0.4 is 5.32 Å². The average molecular weight is 258 g/mol. The molecule has 0 atom stereocenters. The summed E-state index contributed by atoms with van der Waals surface area (Å²) < 4.78 is 2.32. The van der Waals surface area contributed by atoms with Crippen LogP contribution in [0.1, 0.15) is 24.4 Å². The highest BCUT2D eigenvalue weighted by Crippen LogP contribution is 2.37. The first-order chi connectivity index (χ1) is 9.28. The fraction of sp³-hybridized carbons (Fsp3) is 0.533. The number of nitrogens with zero attached hydrogens (tertiary/aromatic N) is 3. The highest BCUT2D eigenvalue weighted by Gasteiger charge is 2.24. The van der Waals surface area contributed by atoms with Gasteiger partial charge in [-0.1, -0.05) is 6.07 Å². The molecule has 102 valence electrons. The summed E-state index contributed by atoms with van der Waals surface area (Å²) in [7, 11) is 4.15. The van der Waals surface area contributed by atoms with Crippen molar-refractivity contribution in [1.29, 1.82) is 0 Å². The zero-order valence-electron chi connectivity index (χ0n) is 11.8. The number of nitrogens with one attached hydrogen (secondary N) is 1. The molecule has 0 saturated heterocycles. The van der Waals surface area contributed by atoms with E-state index in [9.17, 15) is 0 Å². The van der Waals surface area contributed by atoms with E-state index in [1.54, 1.807) is 0 Å². The SMILES string of the molecule is CNCCN(C)Cc1ccc2c(c1)ncn2C1CC1. The number of hydrogen-bond donors (Lipinski definition) is 1. The van der Waals surface area contributed by atoms with E-state index in [1.165, 1.54) is 23.9 Å². The maximum atomic E-state index is 4.54. The van der Waals surface area contributed by atoms with Gasteiger partial charge in [0.05, 0.1) is 17.4 Å². The normalized spacial score (nSPS) is 15.5. The summed E-state index contributed by atoms with van der Waals surface area (Å²) in [5.74, 6) is 0. The van der Waals surface area contributed by atoms with Crippen molar-refractivity contribution in [1.82, 2.24) is 19.8 Å². The number of hydrogen-bond acceptors (Lipinski definition) is 3. The Labute approximate surface area is 114 Å². The summed E-state index contributed by atoms with van der Waals surface area (Å²) in [6.07, 6.45) is 4.61. The molecular formula is C15H22N4. The minimum Gasteiger partial charge on any atom is -0.327 e. The van der Waals surface area contributed by atoms with Gasteiger partial charge in [-0.05, 0) is 44.6 Å². The molecule has 4 heteroatoms. The summed E-state index contributed by atoms with van der Waals surface area (Å²) in [6, 6.07) is 7.39. The summed E-state index contributed by atoms with van der Waals surface area (Å²) >= 11 is 0. The van der Waals surface area contributed by atoms with Gasteiger partial charge in [-0.25, -0.2) is 4.98 Å². The van der Waals surface area contributed by atoms with Gasteiger partial charge in [0.1, 0.15) is 0 Å². The topological polar surface area (TPSA) is 33.1 Å². The Morgan fingerprint density at radius 3 is 3.00 bits per heavy atom. The molecule has 1 aromatic heterocycles. The number of aromatic nitrogens is 2. The van der Waals surface area contributed by atoms with E-state index in [1.807, 2.05) is 13.4 Å². The van der Waals surface area contributed by atoms with Gasteiger partial charge < -0.3 is 14.8 Å². The van der Waals surface area contributed by atoms with Crippen molar-refractivity contribution in [3.63, 3.8) is 0 Å². The molecular weight excluding hydrogens is 236 g/mol. The second kappa shape index (κ2) is 5.31. The second-order valence-corrected chi connectivity index (χ2v) is 5.55. The first-order valence-electron chi connectivity index (χ1n) is 7.06. The van der Waals surface area contributed by atoms with Gasteiger partial charge in [0.15, 0.2) is 0 Å². The fourth-order valence-corrected chi connectivity index (χ4v) is 2.51. The minimum atomic E-state index is 0.703. The van der Waals surface area contributed by atoms with Gasteiger partial charge in [-0.15, -0.1) is 0 Å². The van der Waals surface area contributed by atoms with Crippen LogP contribution in [-0.4, -0.2) is 41.6 Å². The summed E-state index contributed by atoms with van der Waals surface area (Å²) in [5.41, 5.74) is 3.75. The lowest BCUT2D eigenvalue weighted by molar-refractivity contribution is 0.328. The number of rotatable bonds is 6. The standard InChI is InChI=1S/C15H22N4/c1-16-7-8-18(2)10-12-3-6-15-14(9-12)17-11-19(15)13-4-5-13/h3,6,9,11,13,16H,4-5,7-8,10H2,1-2H3. The van der Waals surface area contributed by atoms with Gasteiger partial charge >= 0.3 is 0 Å². The third kappa shape index (κ3) is 2.80. The molecule has 19 heavy (non-hydrogen) atoms. The second-order valence-electron chi connectivity index (χ2n) is 5.55. The van der Waals surface area contributed by atoms with Gasteiger partial charge in [-0.2, -0.15) is 0 Å². The van der Waals surface area contributed by atoms with Crippen molar-refractivity contribution in [3.05, 3.63) is 30.1 Å². The van der Waals surface area contributed by atoms with E-state index >= 15 is 0 Å². The molecule has 3 rings (SSSR count). The minimum absolute atomic E-state index is 0.703. The Kier molecular flexibility index (Phi) is 3.53. The van der Waals surface area contributed by atoms with Crippen molar-refractivity contribution in [2.75, 3.05) is 27.2 Å². The van der Waals surface area contributed by atoms with Crippen molar-refractivity contribution in [2.24, 2.45) is 0 Å². The first-order valence-corrected chi connectivity index (χ1v) is 7.06. The van der Waals surface area contributed by atoms with E-state index in [-0.39, 0.29) is 0 Å². The van der Waals surface area contributed by atoms with Crippen LogP contribution in [-0.2, 0) is 6.54 Å². The third-order valence-corrected chi connectivity index (χ3v) is 3.78. The Morgan fingerprint density at radius 1 is 1.42 bits per heavy atom. The Morgan fingerprint density at radius 2 is 2.26 bits per heavy atom. The average Bonchev–Trinajstić information content (AvgIpc) is 3.17. The highest BCUT2D eigenvalue weighted by atomic mass is 15.1. The van der Waals surface area contributed by atoms with Crippen LogP contribution in [0.15, 0.2) is 24.5 Å². The van der Waals surface area contributed by atoms with Crippen LogP contribution in [0, 0.1) is 0 Å². The molecule has 0 bridgehead atoms. The van der Waals surface area contributed by atoms with Crippen LogP contribution in [0.25, 0.3) is 11.0 Å². The molecule has 0 unspecified atom stereocenters. The quantitative estimate of drug-likeness (QED) is 0.860. The molecule has 2 aromatic rings. The van der Waals surface area contributed by atoms with Gasteiger partial charge in [0.25, 0.3) is 0 Å². The third-order valence-electron chi connectivity index (χ3n) is 3.78. The van der Waals surface area contributed by atoms with E-state index in [2.05, 4.69) is 45.0 Å². The number of fused-ring (bicyclic) bond motifs is 1. The monoisotopic (exact) mass is 258 g/mol. The molecule has 0 aliphatic heterocycles. The summed E-state index contributed by atoms with van der Waals surface area (Å²) in [6.45, 7) is 3.06. The molecule has 1 saturated carbocycles. The van der Waals surface area contributed by atoms with E-state index in [0.717, 1.165) is 25.2 Å². The Balaban J connectivity index is 1.74. The van der Waals surface area contributed by atoms with E-state index in [4.69, 9.17) is 0 Å². The molecule has 1 aromatic carbocycles. The predicted octanol–water partition coefficient (Wildman–Crippen LogP) is 2.02. The van der Waals surface area contributed by atoms with Crippen LogP contribution in [0.3, 0.4) is 0 Å².